The quantitative estimate of drug-likeness (QED) is 0.608. The lowest BCUT2D eigenvalue weighted by atomic mass is 9.81. The van der Waals surface area contributed by atoms with Gasteiger partial charge in [-0.15, -0.1) is 0 Å². The van der Waals surface area contributed by atoms with Gasteiger partial charge in [-0.25, -0.2) is 0 Å². The molecule has 106 valence electrons. The highest BCUT2D eigenvalue weighted by Gasteiger charge is 2.84. The molecular weight excluding hydrogens is 328 g/mol. The van der Waals surface area contributed by atoms with Crippen LogP contribution in [0.2, 0.25) is 0 Å². The Bertz CT molecular complexity index is 673. The van der Waals surface area contributed by atoms with Crippen molar-refractivity contribution < 1.29 is 9.53 Å². The Morgan fingerprint density at radius 1 is 0.952 bits per heavy atom. The van der Waals surface area contributed by atoms with Gasteiger partial charge in [0.25, 0.3) is 0 Å². The second-order valence-electron chi connectivity index (χ2n) is 6.11. The van der Waals surface area contributed by atoms with Gasteiger partial charge in [0.05, 0.1) is 9.74 Å². The second-order valence-corrected chi connectivity index (χ2v) is 7.47. The van der Waals surface area contributed by atoms with E-state index in [1.54, 1.807) is 0 Å². The van der Waals surface area contributed by atoms with E-state index in [1.165, 1.54) is 0 Å². The number of carbonyl (C=O) groups is 1. The Morgan fingerprint density at radius 3 is 1.76 bits per heavy atom. The van der Waals surface area contributed by atoms with E-state index in [0.717, 1.165) is 17.5 Å². The van der Waals surface area contributed by atoms with E-state index in [0.29, 0.717) is 0 Å². The van der Waals surface area contributed by atoms with Crippen LogP contribution in [0.3, 0.4) is 0 Å². The number of benzene rings is 2. The van der Waals surface area contributed by atoms with Crippen molar-refractivity contribution in [3.05, 3.63) is 71.8 Å². The van der Waals surface area contributed by atoms with Crippen LogP contribution in [0.1, 0.15) is 24.5 Å². The number of halogens is 1. The first-order valence-electron chi connectivity index (χ1n) is 7.08. The maximum Gasteiger partial charge on any atom is 0.314 e. The molecular formula is C18H15BrO2. The fourth-order valence-electron chi connectivity index (χ4n) is 3.61. The third-order valence-electron chi connectivity index (χ3n) is 4.96. The molecule has 0 unspecified atom stereocenters. The molecule has 3 heteroatoms. The Labute approximate surface area is 132 Å². The molecule has 2 aromatic carbocycles. The molecule has 1 heterocycles. The minimum absolute atomic E-state index is 0.118. The summed E-state index contributed by atoms with van der Waals surface area (Å²) >= 11 is 3.86. The third-order valence-corrected chi connectivity index (χ3v) is 6.68. The third kappa shape index (κ3) is 1.40. The summed E-state index contributed by atoms with van der Waals surface area (Å²) in [7, 11) is 0. The maximum atomic E-state index is 12.5. The molecule has 0 bridgehead atoms. The number of rotatable bonds is 2. The van der Waals surface area contributed by atoms with Gasteiger partial charge in [0.15, 0.2) is 5.60 Å². The number of carbonyl (C=O) groups excluding carboxylic acids is 1. The lowest BCUT2D eigenvalue weighted by Crippen LogP contribution is -2.39. The molecule has 21 heavy (non-hydrogen) atoms. The fraction of sp³-hybridized carbons (Fsp3) is 0.278. The van der Waals surface area contributed by atoms with Crippen molar-refractivity contribution in [2.75, 3.05) is 0 Å². The van der Waals surface area contributed by atoms with Gasteiger partial charge in [-0.1, -0.05) is 76.6 Å². The molecule has 0 aromatic heterocycles. The average Bonchev–Trinajstić information content (AvgIpc) is 3.05. The molecule has 1 saturated heterocycles. The molecule has 1 saturated carbocycles. The molecule has 2 nitrogen and oxygen atoms in total. The Morgan fingerprint density at radius 2 is 1.43 bits per heavy atom. The predicted molar refractivity (Wildman–Crippen MR) is 84.1 cm³/mol. The standard InChI is InChI=1S/C18H15BrO2/c1-16-12-17(16,19)18(21-15(16)20,13-8-4-2-5-9-13)14-10-6-3-7-11-14/h2-11H,12H2,1H3/t16-,17+/m1/s1. The van der Waals surface area contributed by atoms with Crippen molar-refractivity contribution in [3.8, 4) is 0 Å². The van der Waals surface area contributed by atoms with Gasteiger partial charge in [0.2, 0.25) is 0 Å². The Kier molecular flexibility index (Phi) is 2.48. The van der Waals surface area contributed by atoms with Crippen molar-refractivity contribution in [3.63, 3.8) is 0 Å². The molecule has 2 aromatic rings. The molecule has 2 fully saturated rings. The van der Waals surface area contributed by atoms with E-state index in [-0.39, 0.29) is 10.3 Å². The Balaban J connectivity index is 2.00. The van der Waals surface area contributed by atoms with Crippen molar-refractivity contribution in [1.29, 1.82) is 0 Å². The molecule has 4 rings (SSSR count). The van der Waals surface area contributed by atoms with Gasteiger partial charge in [-0.3, -0.25) is 4.79 Å². The molecule has 2 aliphatic rings. The van der Waals surface area contributed by atoms with E-state index in [2.05, 4.69) is 15.9 Å². The summed E-state index contributed by atoms with van der Waals surface area (Å²) in [5.74, 6) is -0.118. The summed E-state index contributed by atoms with van der Waals surface area (Å²) in [4.78, 5) is 12.5. The van der Waals surface area contributed by atoms with Crippen molar-refractivity contribution in [2.45, 2.75) is 23.3 Å². The summed E-state index contributed by atoms with van der Waals surface area (Å²) in [5, 5.41) is 0. The first-order valence-corrected chi connectivity index (χ1v) is 7.87. The maximum absolute atomic E-state index is 12.5. The van der Waals surface area contributed by atoms with Crippen LogP contribution in [0.15, 0.2) is 60.7 Å². The average molecular weight is 343 g/mol. The zero-order chi connectivity index (χ0) is 14.7. The zero-order valence-corrected chi connectivity index (χ0v) is 13.3. The molecule has 0 N–H and O–H groups in total. The minimum atomic E-state index is -0.749. The highest BCUT2D eigenvalue weighted by Crippen LogP contribution is 2.77. The molecule has 0 radical (unpaired) electrons. The summed E-state index contributed by atoms with van der Waals surface area (Å²) in [6, 6.07) is 20.0. The van der Waals surface area contributed by atoms with E-state index < -0.39 is 11.0 Å². The largest absolute Gasteiger partial charge is 0.447 e. The lowest BCUT2D eigenvalue weighted by molar-refractivity contribution is -0.153. The fourth-order valence-corrected chi connectivity index (χ4v) is 4.87. The van der Waals surface area contributed by atoms with Crippen LogP contribution in [0.5, 0.6) is 0 Å². The molecule has 1 aliphatic carbocycles. The van der Waals surface area contributed by atoms with Gasteiger partial charge >= 0.3 is 5.97 Å². The molecule has 0 spiro atoms. The first kappa shape index (κ1) is 13.1. The summed E-state index contributed by atoms with van der Waals surface area (Å²) < 4.78 is 5.64. The normalized spacial score (nSPS) is 32.4. The second kappa shape index (κ2) is 3.98. The number of fused-ring (bicyclic) bond motifs is 1. The van der Waals surface area contributed by atoms with Gasteiger partial charge in [0, 0.05) is 11.1 Å². The van der Waals surface area contributed by atoms with Gasteiger partial charge in [-0.2, -0.15) is 0 Å². The number of hydrogen-bond donors (Lipinski definition) is 0. The van der Waals surface area contributed by atoms with Crippen LogP contribution in [0.25, 0.3) is 0 Å². The Hall–Kier alpha value is -1.61. The summed E-state index contributed by atoms with van der Waals surface area (Å²) in [6.45, 7) is 1.98. The van der Waals surface area contributed by atoms with Crippen molar-refractivity contribution >= 4 is 21.9 Å². The predicted octanol–water partition coefficient (Wildman–Crippen LogP) is 4.03. The summed E-state index contributed by atoms with van der Waals surface area (Å²) in [6.07, 6.45) is 0.794. The van der Waals surface area contributed by atoms with E-state index >= 15 is 0 Å². The summed E-state index contributed by atoms with van der Waals surface area (Å²) in [5.41, 5.74) is 0.838. The molecule has 0 amide bonds. The van der Waals surface area contributed by atoms with Gasteiger partial charge in [0.1, 0.15) is 0 Å². The number of cyclic esters (lactones) is 1. The first-order chi connectivity index (χ1) is 10.0. The number of ether oxygens (including phenoxy) is 1. The van der Waals surface area contributed by atoms with Crippen molar-refractivity contribution in [2.24, 2.45) is 5.41 Å². The SMILES string of the molecule is C[C@]12C[C@@]1(Br)C(c1ccccc1)(c1ccccc1)OC2=O. The van der Waals surface area contributed by atoms with Crippen LogP contribution in [0, 0.1) is 5.41 Å². The zero-order valence-electron chi connectivity index (χ0n) is 11.7. The number of hydrogen-bond acceptors (Lipinski definition) is 2. The van der Waals surface area contributed by atoms with E-state index in [1.807, 2.05) is 67.6 Å². The van der Waals surface area contributed by atoms with Gasteiger partial charge in [-0.05, 0) is 13.3 Å². The highest BCUT2D eigenvalue weighted by molar-refractivity contribution is 9.10. The molecule has 2 atom stereocenters. The van der Waals surface area contributed by atoms with Crippen LogP contribution < -0.4 is 0 Å². The van der Waals surface area contributed by atoms with Crippen molar-refractivity contribution in [1.82, 2.24) is 0 Å². The van der Waals surface area contributed by atoms with E-state index in [9.17, 15) is 4.79 Å². The van der Waals surface area contributed by atoms with Crippen LogP contribution in [-0.4, -0.2) is 10.3 Å². The van der Waals surface area contributed by atoms with Crippen LogP contribution in [-0.2, 0) is 15.1 Å². The lowest BCUT2D eigenvalue weighted by Gasteiger charge is -2.35. The monoisotopic (exact) mass is 342 g/mol. The number of alkyl halides is 1. The van der Waals surface area contributed by atoms with Crippen LogP contribution >= 0.6 is 15.9 Å². The van der Waals surface area contributed by atoms with Gasteiger partial charge < -0.3 is 4.74 Å². The minimum Gasteiger partial charge on any atom is -0.447 e. The van der Waals surface area contributed by atoms with Crippen LogP contribution in [0.4, 0.5) is 0 Å². The van der Waals surface area contributed by atoms with E-state index in [4.69, 9.17) is 4.74 Å². The smallest absolute Gasteiger partial charge is 0.314 e. The highest BCUT2D eigenvalue weighted by atomic mass is 79.9. The topological polar surface area (TPSA) is 26.3 Å². The number of esters is 1. The molecule has 1 aliphatic heterocycles.